The summed E-state index contributed by atoms with van der Waals surface area (Å²) >= 11 is 0. The lowest BCUT2D eigenvalue weighted by atomic mass is 9.74. The third kappa shape index (κ3) is 4.41. The van der Waals surface area contributed by atoms with Gasteiger partial charge in [0.2, 0.25) is 5.91 Å². The molecular formula is C16H30N2O3. The molecule has 21 heavy (non-hydrogen) atoms. The molecule has 1 amide bonds. The van der Waals surface area contributed by atoms with E-state index in [9.17, 15) is 9.90 Å². The van der Waals surface area contributed by atoms with Crippen molar-refractivity contribution >= 4 is 5.91 Å². The number of aliphatic hydroxyl groups is 1. The lowest BCUT2D eigenvalue weighted by Crippen LogP contribution is -2.48. The average molecular weight is 298 g/mol. The fourth-order valence-corrected chi connectivity index (χ4v) is 3.44. The number of ether oxygens (including phenoxy) is 1. The minimum absolute atomic E-state index is 0.0690. The maximum Gasteiger partial charge on any atom is 0.227 e. The topological polar surface area (TPSA) is 70.6 Å². The predicted octanol–water partition coefficient (Wildman–Crippen LogP) is 1.06. The van der Waals surface area contributed by atoms with Gasteiger partial charge in [0.05, 0.1) is 25.7 Å². The number of carbonyl (C=O) groups excluding carboxylic acids is 1. The highest BCUT2D eigenvalue weighted by Gasteiger charge is 2.36. The van der Waals surface area contributed by atoms with Gasteiger partial charge in [0, 0.05) is 18.0 Å². The summed E-state index contributed by atoms with van der Waals surface area (Å²) in [5, 5.41) is 16.2. The number of rotatable bonds is 7. The van der Waals surface area contributed by atoms with Gasteiger partial charge in [0.1, 0.15) is 0 Å². The second-order valence-electron chi connectivity index (χ2n) is 6.64. The van der Waals surface area contributed by atoms with Crippen LogP contribution in [-0.2, 0) is 9.53 Å². The number of aliphatic hydroxyl groups excluding tert-OH is 1. The first-order chi connectivity index (χ1) is 10.2. The van der Waals surface area contributed by atoms with Crippen molar-refractivity contribution in [2.75, 3.05) is 32.9 Å². The van der Waals surface area contributed by atoms with E-state index in [0.29, 0.717) is 19.8 Å². The average Bonchev–Trinajstić information content (AvgIpc) is 3.00. The third-order valence-corrected chi connectivity index (χ3v) is 4.96. The van der Waals surface area contributed by atoms with E-state index < -0.39 is 0 Å². The quantitative estimate of drug-likeness (QED) is 0.657. The number of amides is 1. The van der Waals surface area contributed by atoms with Gasteiger partial charge in [-0.05, 0) is 25.8 Å². The molecule has 1 saturated carbocycles. The Labute approximate surface area is 127 Å². The normalized spacial score (nSPS) is 28.5. The number of hydrogen-bond donors (Lipinski definition) is 3. The van der Waals surface area contributed by atoms with E-state index in [2.05, 4.69) is 17.6 Å². The molecule has 5 nitrogen and oxygen atoms in total. The second kappa shape index (κ2) is 8.11. The Morgan fingerprint density at radius 2 is 2.05 bits per heavy atom. The van der Waals surface area contributed by atoms with Crippen LogP contribution in [0.25, 0.3) is 0 Å². The van der Waals surface area contributed by atoms with Gasteiger partial charge < -0.3 is 20.5 Å². The molecule has 2 rings (SSSR count). The van der Waals surface area contributed by atoms with Gasteiger partial charge in [0.25, 0.3) is 0 Å². The van der Waals surface area contributed by atoms with Crippen molar-refractivity contribution < 1.29 is 14.6 Å². The Morgan fingerprint density at radius 1 is 1.29 bits per heavy atom. The molecule has 1 saturated heterocycles. The van der Waals surface area contributed by atoms with Gasteiger partial charge in [-0.1, -0.05) is 26.2 Å². The molecular weight excluding hydrogens is 268 g/mol. The van der Waals surface area contributed by atoms with Crippen molar-refractivity contribution in [2.24, 2.45) is 11.3 Å². The van der Waals surface area contributed by atoms with Gasteiger partial charge in [-0.2, -0.15) is 0 Å². The van der Waals surface area contributed by atoms with Crippen LogP contribution in [0.5, 0.6) is 0 Å². The van der Waals surface area contributed by atoms with E-state index in [1.807, 2.05) is 0 Å². The molecule has 1 aliphatic heterocycles. The van der Waals surface area contributed by atoms with Crippen LogP contribution in [0, 0.1) is 11.3 Å². The van der Waals surface area contributed by atoms with E-state index in [1.54, 1.807) is 0 Å². The maximum atomic E-state index is 12.4. The number of nitrogens with one attached hydrogen (secondary N) is 2. The lowest BCUT2D eigenvalue weighted by molar-refractivity contribution is -0.126. The zero-order chi connectivity index (χ0) is 15.1. The minimum Gasteiger partial charge on any atom is -0.396 e. The molecule has 0 aromatic rings. The fraction of sp³-hybridized carbons (Fsp3) is 0.938. The van der Waals surface area contributed by atoms with E-state index in [0.717, 1.165) is 38.6 Å². The van der Waals surface area contributed by atoms with Crippen molar-refractivity contribution in [2.45, 2.75) is 51.5 Å². The summed E-state index contributed by atoms with van der Waals surface area (Å²) in [6.45, 7) is 4.91. The van der Waals surface area contributed by atoms with Crippen LogP contribution in [-0.4, -0.2) is 50.0 Å². The Bertz CT molecular complexity index is 329. The summed E-state index contributed by atoms with van der Waals surface area (Å²) in [5.74, 6) is -0.0321. The Hall–Kier alpha value is -0.650. The molecule has 1 aliphatic carbocycles. The summed E-state index contributed by atoms with van der Waals surface area (Å²) in [6.07, 6.45) is 6.64. The van der Waals surface area contributed by atoms with Crippen molar-refractivity contribution in [1.29, 1.82) is 0 Å². The maximum absolute atomic E-state index is 12.4. The summed E-state index contributed by atoms with van der Waals surface area (Å²) < 4.78 is 5.46. The summed E-state index contributed by atoms with van der Waals surface area (Å²) in [4.78, 5) is 12.4. The van der Waals surface area contributed by atoms with Crippen molar-refractivity contribution in [3.8, 4) is 0 Å². The summed E-state index contributed by atoms with van der Waals surface area (Å²) in [7, 11) is 0. The Kier molecular flexibility index (Phi) is 6.45. The van der Waals surface area contributed by atoms with Gasteiger partial charge in [-0.25, -0.2) is 0 Å². The molecule has 2 aliphatic rings. The van der Waals surface area contributed by atoms with Crippen LogP contribution >= 0.6 is 0 Å². The van der Waals surface area contributed by atoms with Gasteiger partial charge in [0.15, 0.2) is 0 Å². The minimum atomic E-state index is -0.101. The first-order valence-electron chi connectivity index (χ1n) is 8.40. The molecule has 0 aromatic carbocycles. The Morgan fingerprint density at radius 3 is 2.71 bits per heavy atom. The molecule has 0 radical (unpaired) electrons. The first kappa shape index (κ1) is 16.7. The van der Waals surface area contributed by atoms with Gasteiger partial charge >= 0.3 is 0 Å². The summed E-state index contributed by atoms with van der Waals surface area (Å²) in [6, 6.07) is 0.126. The fourth-order valence-electron chi connectivity index (χ4n) is 3.44. The molecule has 0 aromatic heterocycles. The van der Waals surface area contributed by atoms with Gasteiger partial charge in [-0.15, -0.1) is 0 Å². The smallest absolute Gasteiger partial charge is 0.227 e. The van der Waals surface area contributed by atoms with Crippen molar-refractivity contribution in [3.05, 3.63) is 0 Å². The zero-order valence-corrected chi connectivity index (χ0v) is 13.2. The first-order valence-corrected chi connectivity index (χ1v) is 8.40. The molecule has 1 heterocycles. The van der Waals surface area contributed by atoms with Crippen LogP contribution < -0.4 is 10.6 Å². The molecule has 5 heteroatoms. The van der Waals surface area contributed by atoms with Crippen LogP contribution in [0.3, 0.4) is 0 Å². The Balaban J connectivity index is 1.82. The van der Waals surface area contributed by atoms with E-state index in [1.165, 1.54) is 6.42 Å². The highest BCUT2D eigenvalue weighted by atomic mass is 16.5. The largest absolute Gasteiger partial charge is 0.396 e. The van der Waals surface area contributed by atoms with Crippen LogP contribution in [0.4, 0.5) is 0 Å². The highest BCUT2D eigenvalue weighted by Crippen LogP contribution is 2.35. The SMILES string of the molecule is CCCNC1COCC1C(=O)NCC1(CO)CCCCC1. The molecule has 122 valence electrons. The molecule has 2 unspecified atom stereocenters. The number of carbonyl (C=O) groups is 1. The monoisotopic (exact) mass is 298 g/mol. The van der Waals surface area contributed by atoms with Crippen molar-refractivity contribution in [1.82, 2.24) is 10.6 Å². The summed E-state index contributed by atoms with van der Waals surface area (Å²) in [5.41, 5.74) is -0.0975. The van der Waals surface area contributed by atoms with E-state index in [4.69, 9.17) is 4.74 Å². The molecule has 3 N–H and O–H groups in total. The van der Waals surface area contributed by atoms with Crippen LogP contribution in [0.2, 0.25) is 0 Å². The molecule has 2 fully saturated rings. The number of hydrogen-bond acceptors (Lipinski definition) is 4. The molecule has 0 bridgehead atoms. The third-order valence-electron chi connectivity index (χ3n) is 4.96. The van der Waals surface area contributed by atoms with E-state index >= 15 is 0 Å². The standard InChI is InChI=1S/C16H30N2O3/c1-2-8-17-14-10-21-9-13(14)15(20)18-11-16(12-19)6-4-3-5-7-16/h13-14,17,19H,2-12H2,1H3,(H,18,20). The van der Waals surface area contributed by atoms with Crippen LogP contribution in [0.1, 0.15) is 45.4 Å². The highest BCUT2D eigenvalue weighted by molar-refractivity contribution is 5.79. The van der Waals surface area contributed by atoms with Crippen LogP contribution in [0.15, 0.2) is 0 Å². The zero-order valence-electron chi connectivity index (χ0n) is 13.2. The molecule has 0 spiro atoms. The lowest BCUT2D eigenvalue weighted by Gasteiger charge is -2.36. The molecule has 2 atom stereocenters. The van der Waals surface area contributed by atoms with Crippen molar-refractivity contribution in [3.63, 3.8) is 0 Å². The predicted molar refractivity (Wildman–Crippen MR) is 82.0 cm³/mol. The van der Waals surface area contributed by atoms with E-state index in [-0.39, 0.29) is 29.9 Å². The van der Waals surface area contributed by atoms with Gasteiger partial charge in [-0.3, -0.25) is 4.79 Å². The second-order valence-corrected chi connectivity index (χ2v) is 6.64.